The van der Waals surface area contributed by atoms with Crippen molar-refractivity contribution in [1.29, 1.82) is 0 Å². The van der Waals surface area contributed by atoms with Crippen LogP contribution in [-0.4, -0.2) is 38.9 Å². The molecule has 1 aliphatic rings. The van der Waals surface area contributed by atoms with E-state index < -0.39 is 0 Å². The third kappa shape index (κ3) is 4.49. The highest BCUT2D eigenvalue weighted by atomic mass is 16.5. The molecule has 8 heteroatoms. The maximum Gasteiger partial charge on any atom is 0.332 e. The number of nitrogens with zero attached hydrogens (tertiary/aromatic N) is 3. The molecule has 3 heterocycles. The quantitative estimate of drug-likeness (QED) is 0.630. The number of aromatic amines is 1. The predicted octanol–water partition coefficient (Wildman–Crippen LogP) is 2.90. The minimum atomic E-state index is -0.342. The third-order valence-electron chi connectivity index (χ3n) is 5.65. The fourth-order valence-corrected chi connectivity index (χ4v) is 3.80. The Morgan fingerprint density at radius 3 is 2.48 bits per heavy atom. The summed E-state index contributed by atoms with van der Waals surface area (Å²) in [7, 11) is 0. The lowest BCUT2D eigenvalue weighted by Crippen LogP contribution is -2.39. The summed E-state index contributed by atoms with van der Waals surface area (Å²) in [5, 5.41) is 0. The molecule has 0 spiro atoms. The maximum atomic E-state index is 12.6. The van der Waals surface area contributed by atoms with Gasteiger partial charge in [0.15, 0.2) is 5.65 Å². The summed E-state index contributed by atoms with van der Waals surface area (Å²) >= 11 is 0. The smallest absolute Gasteiger partial charge is 0.332 e. The predicted molar refractivity (Wildman–Crippen MR) is 120 cm³/mol. The molecular weight excluding hydrogens is 396 g/mol. The monoisotopic (exact) mass is 424 g/mol. The zero-order chi connectivity index (χ0) is 21.8. The van der Waals surface area contributed by atoms with Gasteiger partial charge in [-0.05, 0) is 56.4 Å². The third-order valence-corrected chi connectivity index (χ3v) is 5.65. The summed E-state index contributed by atoms with van der Waals surface area (Å²) in [6, 6.07) is 7.85. The van der Waals surface area contributed by atoms with Crippen LogP contribution in [-0.2, 0) is 17.8 Å². The number of H-pyrrole nitrogens is 1. The molecule has 0 atom stereocenters. The number of nitrogens with one attached hydrogen (secondary N) is 1. The molecule has 1 aromatic carbocycles. The van der Waals surface area contributed by atoms with Gasteiger partial charge in [-0.2, -0.15) is 0 Å². The minimum Gasteiger partial charge on any atom is -0.493 e. The van der Waals surface area contributed by atoms with E-state index in [0.717, 1.165) is 37.4 Å². The van der Waals surface area contributed by atoms with Gasteiger partial charge < -0.3 is 14.5 Å². The molecule has 2 aromatic heterocycles. The van der Waals surface area contributed by atoms with Crippen LogP contribution in [0.4, 0.5) is 0 Å². The van der Waals surface area contributed by atoms with E-state index in [1.165, 1.54) is 9.13 Å². The second-order valence-corrected chi connectivity index (χ2v) is 7.67. The van der Waals surface area contributed by atoms with Crippen molar-refractivity contribution in [1.82, 2.24) is 19.1 Å². The molecule has 4 rings (SSSR count). The molecule has 0 radical (unpaired) electrons. The highest BCUT2D eigenvalue weighted by Crippen LogP contribution is 2.19. The van der Waals surface area contributed by atoms with Gasteiger partial charge in [-0.25, -0.2) is 9.78 Å². The van der Waals surface area contributed by atoms with Crippen molar-refractivity contribution in [3.63, 3.8) is 0 Å². The largest absolute Gasteiger partial charge is 0.493 e. The van der Waals surface area contributed by atoms with Crippen LogP contribution in [0.15, 0.2) is 33.9 Å². The highest BCUT2D eigenvalue weighted by Gasteiger charge is 2.15. The molecule has 1 aliphatic heterocycles. The summed E-state index contributed by atoms with van der Waals surface area (Å²) in [4.78, 5) is 32.6. The Hall–Kier alpha value is -3.13. The lowest BCUT2D eigenvalue weighted by atomic mass is 10.0. The Labute approximate surface area is 180 Å². The minimum absolute atomic E-state index is 0.320. The first-order valence-corrected chi connectivity index (χ1v) is 10.8. The van der Waals surface area contributed by atoms with E-state index in [1.54, 1.807) is 13.0 Å². The van der Waals surface area contributed by atoms with E-state index in [2.05, 4.69) is 9.97 Å². The molecule has 3 aromatic rings. The standard InChI is InChI=1S/C23H28N4O4/c1-3-26-21-20(22(28)27(4-2)23(26)29)24-19(25-21)10-7-16-5-8-18(9-6-16)31-15-17-11-13-30-14-12-17/h5-10,17H,3-4,11-15H2,1-2H3,(H,24,25). The van der Waals surface area contributed by atoms with Crippen molar-refractivity contribution in [2.75, 3.05) is 19.8 Å². The molecule has 1 saturated heterocycles. The van der Waals surface area contributed by atoms with E-state index in [4.69, 9.17) is 9.47 Å². The Morgan fingerprint density at radius 1 is 1.10 bits per heavy atom. The first-order valence-electron chi connectivity index (χ1n) is 10.8. The SMILES string of the molecule is CCn1c(=O)c2[nH]c(C=Cc3ccc(OCC4CCOCC4)cc3)nc2n(CC)c1=O. The van der Waals surface area contributed by atoms with Crippen molar-refractivity contribution in [2.45, 2.75) is 39.8 Å². The van der Waals surface area contributed by atoms with Gasteiger partial charge in [0, 0.05) is 26.3 Å². The van der Waals surface area contributed by atoms with E-state index in [9.17, 15) is 9.59 Å². The van der Waals surface area contributed by atoms with Gasteiger partial charge in [0.2, 0.25) is 0 Å². The van der Waals surface area contributed by atoms with Crippen LogP contribution in [0.5, 0.6) is 5.75 Å². The molecule has 0 unspecified atom stereocenters. The lowest BCUT2D eigenvalue weighted by molar-refractivity contribution is 0.0497. The molecule has 0 bridgehead atoms. The number of fused-ring (bicyclic) bond motifs is 1. The van der Waals surface area contributed by atoms with Crippen molar-refractivity contribution in [2.24, 2.45) is 5.92 Å². The zero-order valence-corrected chi connectivity index (χ0v) is 18.0. The number of ether oxygens (including phenoxy) is 2. The Bertz CT molecular complexity index is 1180. The first-order chi connectivity index (χ1) is 15.1. The van der Waals surface area contributed by atoms with Gasteiger partial charge in [0.1, 0.15) is 17.1 Å². The van der Waals surface area contributed by atoms with Crippen LogP contribution in [0.3, 0.4) is 0 Å². The van der Waals surface area contributed by atoms with Crippen LogP contribution in [0.1, 0.15) is 38.1 Å². The van der Waals surface area contributed by atoms with Crippen LogP contribution in [0, 0.1) is 5.92 Å². The average molecular weight is 425 g/mol. The van der Waals surface area contributed by atoms with Gasteiger partial charge in [-0.1, -0.05) is 18.2 Å². The number of rotatable bonds is 7. The van der Waals surface area contributed by atoms with Crippen LogP contribution in [0.25, 0.3) is 23.3 Å². The summed E-state index contributed by atoms with van der Waals surface area (Å²) in [6.07, 6.45) is 5.81. The van der Waals surface area contributed by atoms with Gasteiger partial charge in [-0.3, -0.25) is 13.9 Å². The van der Waals surface area contributed by atoms with Crippen molar-refractivity contribution < 1.29 is 9.47 Å². The van der Waals surface area contributed by atoms with Crippen LogP contribution >= 0.6 is 0 Å². The number of benzene rings is 1. The van der Waals surface area contributed by atoms with Gasteiger partial charge in [0.25, 0.3) is 5.56 Å². The van der Waals surface area contributed by atoms with E-state index in [1.807, 2.05) is 37.3 Å². The Morgan fingerprint density at radius 2 is 1.81 bits per heavy atom. The normalized spacial score (nSPS) is 15.2. The molecule has 0 saturated carbocycles. The summed E-state index contributed by atoms with van der Waals surface area (Å²) in [5.41, 5.74) is 1.04. The lowest BCUT2D eigenvalue weighted by Gasteiger charge is -2.22. The van der Waals surface area contributed by atoms with Crippen LogP contribution < -0.4 is 16.0 Å². The fraction of sp³-hybridized carbons (Fsp3) is 0.435. The number of aromatic nitrogens is 4. The summed E-state index contributed by atoms with van der Waals surface area (Å²) in [5.74, 6) is 1.93. The molecular formula is C23H28N4O4. The summed E-state index contributed by atoms with van der Waals surface area (Å²) < 4.78 is 14.0. The molecule has 1 N–H and O–H groups in total. The molecule has 0 amide bonds. The second kappa shape index (κ2) is 9.34. The van der Waals surface area contributed by atoms with Crippen molar-refractivity contribution in [3.05, 3.63) is 56.5 Å². The highest BCUT2D eigenvalue weighted by molar-refractivity contribution is 5.75. The first kappa shape index (κ1) is 21.1. The maximum absolute atomic E-state index is 12.6. The van der Waals surface area contributed by atoms with Gasteiger partial charge in [-0.15, -0.1) is 0 Å². The zero-order valence-electron chi connectivity index (χ0n) is 18.0. The van der Waals surface area contributed by atoms with Gasteiger partial charge in [0.05, 0.1) is 6.61 Å². The topological polar surface area (TPSA) is 91.1 Å². The van der Waals surface area contributed by atoms with Crippen molar-refractivity contribution >= 4 is 23.3 Å². The second-order valence-electron chi connectivity index (χ2n) is 7.67. The molecule has 1 fully saturated rings. The molecule has 0 aliphatic carbocycles. The van der Waals surface area contributed by atoms with Crippen molar-refractivity contribution in [3.8, 4) is 5.75 Å². The number of hydrogen-bond donors (Lipinski definition) is 1. The summed E-state index contributed by atoms with van der Waals surface area (Å²) in [6.45, 7) is 6.76. The van der Waals surface area contributed by atoms with Gasteiger partial charge >= 0.3 is 5.69 Å². The number of aryl methyl sites for hydroxylation is 1. The molecule has 8 nitrogen and oxygen atoms in total. The van der Waals surface area contributed by atoms with E-state index in [0.29, 0.717) is 42.6 Å². The Kier molecular flexibility index (Phi) is 6.36. The van der Waals surface area contributed by atoms with Crippen LogP contribution in [0.2, 0.25) is 0 Å². The van der Waals surface area contributed by atoms with E-state index in [-0.39, 0.29) is 11.2 Å². The number of hydrogen-bond acceptors (Lipinski definition) is 5. The number of imidazole rings is 1. The average Bonchev–Trinajstić information content (AvgIpc) is 3.23. The fourth-order valence-electron chi connectivity index (χ4n) is 3.80. The molecule has 164 valence electrons. The Balaban J connectivity index is 1.50. The molecule has 31 heavy (non-hydrogen) atoms. The van der Waals surface area contributed by atoms with E-state index >= 15 is 0 Å².